The van der Waals surface area contributed by atoms with Crippen LogP contribution in [0.1, 0.15) is 11.1 Å². The lowest BCUT2D eigenvalue weighted by molar-refractivity contribution is 0.306. The zero-order chi connectivity index (χ0) is 15.2. The van der Waals surface area contributed by atoms with Gasteiger partial charge in [0.2, 0.25) is 0 Å². The maximum absolute atomic E-state index is 13.2. The topological polar surface area (TPSA) is 29.5 Å². The summed E-state index contributed by atoms with van der Waals surface area (Å²) in [5, 5.41) is 9.67. The number of aliphatic hydroxyl groups is 1. The molecule has 0 radical (unpaired) electrons. The van der Waals surface area contributed by atoms with Crippen LogP contribution in [0, 0.1) is 17.7 Å². The molecule has 0 saturated heterocycles. The van der Waals surface area contributed by atoms with Gasteiger partial charge in [-0.25, -0.2) is 4.39 Å². The van der Waals surface area contributed by atoms with E-state index in [1.807, 2.05) is 0 Å². The summed E-state index contributed by atoms with van der Waals surface area (Å²) in [4.78, 5) is 0. The first-order valence-electron chi connectivity index (χ1n) is 6.05. The van der Waals surface area contributed by atoms with Gasteiger partial charge >= 0.3 is 0 Å². The summed E-state index contributed by atoms with van der Waals surface area (Å²) in [5.74, 6) is 5.30. The molecule has 1 N–H and O–H groups in total. The van der Waals surface area contributed by atoms with E-state index in [1.165, 1.54) is 12.1 Å². The molecule has 0 aromatic heterocycles. The van der Waals surface area contributed by atoms with E-state index in [4.69, 9.17) is 33.0 Å². The molecule has 0 amide bonds. The number of aliphatic hydroxyl groups excluding tert-OH is 1. The van der Waals surface area contributed by atoms with Gasteiger partial charge in [0.25, 0.3) is 0 Å². The van der Waals surface area contributed by atoms with Crippen LogP contribution in [-0.2, 0) is 6.61 Å². The second-order valence-corrected chi connectivity index (χ2v) is 5.03. The maximum atomic E-state index is 13.2. The van der Waals surface area contributed by atoms with E-state index in [2.05, 4.69) is 11.8 Å². The molecule has 21 heavy (non-hydrogen) atoms. The number of rotatable bonds is 3. The Bertz CT molecular complexity index is 685. The van der Waals surface area contributed by atoms with Crippen molar-refractivity contribution in [1.82, 2.24) is 0 Å². The SMILES string of the molecule is OCC#Cc1cc(F)ccc1COc1cc(Cl)cc(Cl)c1. The molecular weight excluding hydrogens is 314 g/mol. The minimum Gasteiger partial charge on any atom is -0.489 e. The Hall–Kier alpha value is -1.73. The van der Waals surface area contributed by atoms with Crippen molar-refractivity contribution in [3.8, 4) is 17.6 Å². The summed E-state index contributed by atoms with van der Waals surface area (Å²) in [6.45, 7) is -0.104. The van der Waals surface area contributed by atoms with E-state index in [0.29, 0.717) is 26.9 Å². The van der Waals surface area contributed by atoms with Gasteiger partial charge in [-0.1, -0.05) is 41.1 Å². The lowest BCUT2D eigenvalue weighted by Gasteiger charge is -2.09. The summed E-state index contributed by atoms with van der Waals surface area (Å²) in [6.07, 6.45) is 0. The molecule has 0 atom stereocenters. The first kappa shape index (κ1) is 15.7. The van der Waals surface area contributed by atoms with Crippen molar-refractivity contribution < 1.29 is 14.2 Å². The summed E-state index contributed by atoms with van der Waals surface area (Å²) in [7, 11) is 0. The van der Waals surface area contributed by atoms with Crippen LogP contribution in [0.2, 0.25) is 10.0 Å². The molecule has 0 bridgehead atoms. The highest BCUT2D eigenvalue weighted by atomic mass is 35.5. The highest BCUT2D eigenvalue weighted by molar-refractivity contribution is 6.34. The normalized spacial score (nSPS) is 9.90. The first-order valence-corrected chi connectivity index (χ1v) is 6.81. The second kappa shape index (κ2) is 7.33. The molecule has 2 nitrogen and oxygen atoms in total. The van der Waals surface area contributed by atoms with Crippen LogP contribution in [0.15, 0.2) is 36.4 Å². The van der Waals surface area contributed by atoms with Gasteiger partial charge < -0.3 is 9.84 Å². The second-order valence-electron chi connectivity index (χ2n) is 4.16. The van der Waals surface area contributed by atoms with Crippen molar-refractivity contribution in [2.75, 3.05) is 6.61 Å². The molecule has 0 saturated carbocycles. The average Bonchev–Trinajstić information content (AvgIpc) is 2.43. The Morgan fingerprint density at radius 1 is 1.10 bits per heavy atom. The fourth-order valence-electron chi connectivity index (χ4n) is 1.70. The van der Waals surface area contributed by atoms with E-state index in [0.717, 1.165) is 0 Å². The third kappa shape index (κ3) is 4.64. The van der Waals surface area contributed by atoms with E-state index in [1.54, 1.807) is 24.3 Å². The van der Waals surface area contributed by atoms with E-state index in [-0.39, 0.29) is 13.2 Å². The molecule has 2 aromatic carbocycles. The Kier molecular flexibility index (Phi) is 5.46. The van der Waals surface area contributed by atoms with Crippen LogP contribution >= 0.6 is 23.2 Å². The predicted octanol–water partition coefficient (Wildman–Crippen LogP) is 4.06. The van der Waals surface area contributed by atoms with Crippen molar-refractivity contribution in [2.24, 2.45) is 0 Å². The zero-order valence-electron chi connectivity index (χ0n) is 10.9. The predicted molar refractivity (Wildman–Crippen MR) is 81.2 cm³/mol. The van der Waals surface area contributed by atoms with Crippen LogP contribution < -0.4 is 4.74 Å². The van der Waals surface area contributed by atoms with Crippen LogP contribution in [-0.4, -0.2) is 11.7 Å². The lowest BCUT2D eigenvalue weighted by atomic mass is 10.1. The minimum absolute atomic E-state index is 0.187. The van der Waals surface area contributed by atoms with Gasteiger partial charge in [-0.15, -0.1) is 0 Å². The highest BCUT2D eigenvalue weighted by Crippen LogP contribution is 2.25. The summed E-state index contributed by atoms with van der Waals surface area (Å²) in [6, 6.07) is 9.08. The Balaban J connectivity index is 2.19. The Morgan fingerprint density at radius 3 is 2.48 bits per heavy atom. The molecule has 2 rings (SSSR count). The average molecular weight is 325 g/mol. The van der Waals surface area contributed by atoms with Crippen molar-refractivity contribution in [2.45, 2.75) is 6.61 Å². The fourth-order valence-corrected chi connectivity index (χ4v) is 2.20. The molecule has 0 aliphatic heterocycles. The quantitative estimate of drug-likeness (QED) is 0.863. The number of hydrogen-bond donors (Lipinski definition) is 1. The summed E-state index contributed by atoms with van der Waals surface area (Å²) < 4.78 is 18.8. The number of benzene rings is 2. The number of ether oxygens (including phenoxy) is 1. The largest absolute Gasteiger partial charge is 0.489 e. The third-order valence-corrected chi connectivity index (χ3v) is 3.04. The Labute approximate surface area is 132 Å². The van der Waals surface area contributed by atoms with Crippen LogP contribution in [0.25, 0.3) is 0 Å². The van der Waals surface area contributed by atoms with Gasteiger partial charge in [0.05, 0.1) is 0 Å². The number of hydrogen-bond acceptors (Lipinski definition) is 2. The van der Waals surface area contributed by atoms with Crippen molar-refractivity contribution in [3.63, 3.8) is 0 Å². The summed E-state index contributed by atoms with van der Waals surface area (Å²) >= 11 is 11.8. The maximum Gasteiger partial charge on any atom is 0.124 e. The smallest absolute Gasteiger partial charge is 0.124 e. The van der Waals surface area contributed by atoms with E-state index < -0.39 is 5.82 Å². The van der Waals surface area contributed by atoms with Gasteiger partial charge in [0.15, 0.2) is 0 Å². The van der Waals surface area contributed by atoms with Crippen molar-refractivity contribution >= 4 is 23.2 Å². The molecule has 0 aliphatic carbocycles. The molecule has 0 fully saturated rings. The Morgan fingerprint density at radius 2 is 1.81 bits per heavy atom. The molecule has 0 unspecified atom stereocenters. The summed E-state index contributed by atoms with van der Waals surface area (Å²) in [5.41, 5.74) is 1.17. The van der Waals surface area contributed by atoms with Gasteiger partial charge in [-0.2, -0.15) is 0 Å². The monoisotopic (exact) mass is 324 g/mol. The first-order chi connectivity index (χ1) is 10.1. The van der Waals surface area contributed by atoms with Gasteiger partial charge in [0.1, 0.15) is 24.8 Å². The highest BCUT2D eigenvalue weighted by Gasteiger charge is 2.05. The van der Waals surface area contributed by atoms with Crippen LogP contribution in [0.3, 0.4) is 0 Å². The van der Waals surface area contributed by atoms with Crippen LogP contribution in [0.5, 0.6) is 5.75 Å². The molecular formula is C16H11Cl2FO2. The molecule has 0 spiro atoms. The van der Waals surface area contributed by atoms with Crippen molar-refractivity contribution in [1.29, 1.82) is 0 Å². The van der Waals surface area contributed by atoms with Crippen LogP contribution in [0.4, 0.5) is 4.39 Å². The minimum atomic E-state index is -0.396. The number of halogens is 3. The molecule has 0 heterocycles. The molecule has 0 aliphatic rings. The molecule has 108 valence electrons. The van der Waals surface area contributed by atoms with Gasteiger partial charge in [-0.05, 0) is 30.3 Å². The van der Waals surface area contributed by atoms with E-state index >= 15 is 0 Å². The fraction of sp³-hybridized carbons (Fsp3) is 0.125. The van der Waals surface area contributed by atoms with Gasteiger partial charge in [-0.3, -0.25) is 0 Å². The van der Waals surface area contributed by atoms with Crippen molar-refractivity contribution in [3.05, 3.63) is 63.4 Å². The van der Waals surface area contributed by atoms with Gasteiger partial charge in [0, 0.05) is 21.2 Å². The standard InChI is InChI=1S/C16H11Cl2FO2/c17-13-7-14(18)9-16(8-13)21-10-12-3-4-15(19)6-11(12)2-1-5-20/h3-4,6-9,20H,5,10H2. The van der Waals surface area contributed by atoms with E-state index in [9.17, 15) is 4.39 Å². The molecule has 2 aromatic rings. The molecule has 5 heteroatoms. The lowest BCUT2D eigenvalue weighted by Crippen LogP contribution is -1.99. The third-order valence-electron chi connectivity index (χ3n) is 2.60. The zero-order valence-corrected chi connectivity index (χ0v) is 12.4.